The molecule has 0 aliphatic carbocycles. The van der Waals surface area contributed by atoms with Crippen LogP contribution in [0.3, 0.4) is 0 Å². The van der Waals surface area contributed by atoms with Gasteiger partial charge in [0.25, 0.3) is 0 Å². The first-order chi connectivity index (χ1) is 9.22. The van der Waals surface area contributed by atoms with Crippen LogP contribution >= 0.6 is 0 Å². The second kappa shape index (κ2) is 5.85. The summed E-state index contributed by atoms with van der Waals surface area (Å²) in [6, 6.07) is 9.23. The summed E-state index contributed by atoms with van der Waals surface area (Å²) in [5.74, 6) is 0.0297. The van der Waals surface area contributed by atoms with E-state index in [2.05, 4.69) is 23.6 Å². The van der Waals surface area contributed by atoms with Gasteiger partial charge in [0.2, 0.25) is 5.91 Å². The summed E-state index contributed by atoms with van der Waals surface area (Å²) in [5, 5.41) is 15.2. The maximum absolute atomic E-state index is 12.5. The molecule has 100 valence electrons. The molecule has 2 N–H and O–H groups in total. The monoisotopic (exact) mass is 257 g/mol. The van der Waals surface area contributed by atoms with E-state index in [1.807, 2.05) is 6.07 Å². The molecule has 0 spiro atoms. The van der Waals surface area contributed by atoms with Crippen LogP contribution in [0.25, 0.3) is 0 Å². The van der Waals surface area contributed by atoms with Crippen LogP contribution in [0.2, 0.25) is 0 Å². The highest BCUT2D eigenvalue weighted by molar-refractivity contribution is 5.96. The molecule has 2 rings (SSSR count). The van der Waals surface area contributed by atoms with Gasteiger partial charge in [-0.05, 0) is 31.5 Å². The summed E-state index contributed by atoms with van der Waals surface area (Å²) < 4.78 is 0. The number of nitrogens with zero attached hydrogens (tertiary/aromatic N) is 1. The van der Waals surface area contributed by atoms with Crippen LogP contribution in [0.5, 0.6) is 0 Å². The molecule has 1 aromatic carbocycles. The Hall–Kier alpha value is -1.86. The fraction of sp³-hybridized carbons (Fsp3) is 0.467. The Morgan fingerprint density at radius 3 is 2.95 bits per heavy atom. The van der Waals surface area contributed by atoms with Gasteiger partial charge in [-0.1, -0.05) is 25.5 Å². The van der Waals surface area contributed by atoms with Crippen LogP contribution in [0.1, 0.15) is 31.7 Å². The molecule has 1 aliphatic rings. The van der Waals surface area contributed by atoms with E-state index in [9.17, 15) is 4.79 Å². The lowest BCUT2D eigenvalue weighted by Gasteiger charge is -2.26. The third-order valence-corrected chi connectivity index (χ3v) is 3.75. The molecule has 4 heteroatoms. The molecule has 0 radical (unpaired) electrons. The molecule has 4 nitrogen and oxygen atoms in total. The lowest BCUT2D eigenvalue weighted by atomic mass is 9.81. The molecule has 0 saturated carbocycles. The SMILES string of the molecule is CCCC1(C(=O)Nc2ccccc2C#N)CCNC1. The Bertz CT molecular complexity index is 498. The van der Waals surface area contributed by atoms with Crippen molar-refractivity contribution in [3.63, 3.8) is 0 Å². The van der Waals surface area contributed by atoms with E-state index < -0.39 is 0 Å². The van der Waals surface area contributed by atoms with Crippen LogP contribution in [-0.4, -0.2) is 19.0 Å². The number of carbonyl (C=O) groups excluding carboxylic acids is 1. The highest BCUT2D eigenvalue weighted by Crippen LogP contribution is 2.32. The van der Waals surface area contributed by atoms with Crippen molar-refractivity contribution in [2.24, 2.45) is 5.41 Å². The second-order valence-corrected chi connectivity index (χ2v) is 5.07. The van der Waals surface area contributed by atoms with E-state index in [0.29, 0.717) is 11.3 Å². The number of hydrogen-bond donors (Lipinski definition) is 2. The summed E-state index contributed by atoms with van der Waals surface area (Å²) >= 11 is 0. The standard InChI is InChI=1S/C15H19N3O/c1-2-7-15(8-9-17-11-15)14(19)18-13-6-4-3-5-12(13)10-16/h3-6,17H,2,7-9,11H2,1H3,(H,18,19). The molecular formula is C15H19N3O. The number of hydrogen-bond acceptors (Lipinski definition) is 3. The number of amides is 1. The minimum Gasteiger partial charge on any atom is -0.324 e. The normalized spacial score (nSPS) is 21.9. The summed E-state index contributed by atoms with van der Waals surface area (Å²) in [7, 11) is 0. The molecule has 1 aromatic rings. The van der Waals surface area contributed by atoms with E-state index in [1.165, 1.54) is 0 Å². The molecule has 1 saturated heterocycles. The van der Waals surface area contributed by atoms with E-state index in [4.69, 9.17) is 5.26 Å². The Balaban J connectivity index is 2.18. The number of rotatable bonds is 4. The fourth-order valence-corrected chi connectivity index (χ4v) is 2.69. The quantitative estimate of drug-likeness (QED) is 0.869. The molecule has 1 atom stereocenters. The summed E-state index contributed by atoms with van der Waals surface area (Å²) in [5.41, 5.74) is 0.794. The Labute approximate surface area is 113 Å². The fourth-order valence-electron chi connectivity index (χ4n) is 2.69. The summed E-state index contributed by atoms with van der Waals surface area (Å²) in [6.07, 6.45) is 2.72. The zero-order valence-corrected chi connectivity index (χ0v) is 11.2. The van der Waals surface area contributed by atoms with E-state index in [0.717, 1.165) is 32.4 Å². The molecular weight excluding hydrogens is 238 g/mol. The van der Waals surface area contributed by atoms with Gasteiger partial charge in [-0.3, -0.25) is 4.79 Å². The highest BCUT2D eigenvalue weighted by Gasteiger charge is 2.40. The molecule has 1 heterocycles. The number of carbonyl (C=O) groups is 1. The topological polar surface area (TPSA) is 64.9 Å². The van der Waals surface area contributed by atoms with Gasteiger partial charge in [0.1, 0.15) is 6.07 Å². The molecule has 0 bridgehead atoms. The maximum Gasteiger partial charge on any atom is 0.231 e. The number of nitriles is 1. The largest absolute Gasteiger partial charge is 0.324 e. The van der Waals surface area contributed by atoms with Gasteiger partial charge >= 0.3 is 0 Å². The van der Waals surface area contributed by atoms with Gasteiger partial charge in [-0.25, -0.2) is 0 Å². The predicted molar refractivity (Wildman–Crippen MR) is 74.6 cm³/mol. The lowest BCUT2D eigenvalue weighted by Crippen LogP contribution is -2.38. The van der Waals surface area contributed by atoms with Crippen molar-refractivity contribution in [2.75, 3.05) is 18.4 Å². The first-order valence-corrected chi connectivity index (χ1v) is 6.73. The van der Waals surface area contributed by atoms with Crippen LogP contribution in [0, 0.1) is 16.7 Å². The van der Waals surface area contributed by atoms with Crippen LogP contribution < -0.4 is 10.6 Å². The lowest BCUT2D eigenvalue weighted by molar-refractivity contribution is -0.125. The van der Waals surface area contributed by atoms with Crippen molar-refractivity contribution in [1.29, 1.82) is 5.26 Å². The molecule has 1 fully saturated rings. The van der Waals surface area contributed by atoms with Crippen molar-refractivity contribution in [3.8, 4) is 6.07 Å². The number of para-hydroxylation sites is 1. The number of benzene rings is 1. The van der Waals surface area contributed by atoms with Crippen molar-refractivity contribution in [1.82, 2.24) is 5.32 Å². The van der Waals surface area contributed by atoms with Crippen molar-refractivity contribution < 1.29 is 4.79 Å². The van der Waals surface area contributed by atoms with Gasteiger partial charge in [0.15, 0.2) is 0 Å². The molecule has 1 aliphatic heterocycles. The van der Waals surface area contributed by atoms with Crippen LogP contribution in [0.4, 0.5) is 5.69 Å². The maximum atomic E-state index is 12.5. The Morgan fingerprint density at radius 1 is 1.53 bits per heavy atom. The van der Waals surface area contributed by atoms with E-state index in [1.54, 1.807) is 18.2 Å². The van der Waals surface area contributed by atoms with Gasteiger partial charge in [0.05, 0.1) is 16.7 Å². The van der Waals surface area contributed by atoms with E-state index >= 15 is 0 Å². The average Bonchev–Trinajstić information content (AvgIpc) is 2.90. The van der Waals surface area contributed by atoms with Gasteiger partial charge < -0.3 is 10.6 Å². The third kappa shape index (κ3) is 2.77. The number of nitrogens with one attached hydrogen (secondary N) is 2. The van der Waals surface area contributed by atoms with Gasteiger partial charge in [-0.2, -0.15) is 5.26 Å². The first-order valence-electron chi connectivity index (χ1n) is 6.73. The van der Waals surface area contributed by atoms with Gasteiger partial charge in [-0.15, -0.1) is 0 Å². The van der Waals surface area contributed by atoms with Crippen molar-refractivity contribution in [3.05, 3.63) is 29.8 Å². The number of anilines is 1. The highest BCUT2D eigenvalue weighted by atomic mass is 16.2. The van der Waals surface area contributed by atoms with Gasteiger partial charge in [0, 0.05) is 6.54 Å². The zero-order chi connectivity index (χ0) is 13.7. The van der Waals surface area contributed by atoms with Crippen LogP contribution in [-0.2, 0) is 4.79 Å². The first kappa shape index (κ1) is 13.6. The minimum atomic E-state index is -0.322. The summed E-state index contributed by atoms with van der Waals surface area (Å²) in [4.78, 5) is 12.5. The Morgan fingerprint density at radius 2 is 2.32 bits per heavy atom. The third-order valence-electron chi connectivity index (χ3n) is 3.75. The average molecular weight is 257 g/mol. The molecule has 1 unspecified atom stereocenters. The van der Waals surface area contributed by atoms with E-state index in [-0.39, 0.29) is 11.3 Å². The zero-order valence-electron chi connectivity index (χ0n) is 11.2. The molecule has 0 aromatic heterocycles. The molecule has 1 amide bonds. The predicted octanol–water partition coefficient (Wildman–Crippen LogP) is 2.28. The van der Waals surface area contributed by atoms with Crippen LogP contribution in [0.15, 0.2) is 24.3 Å². The van der Waals surface area contributed by atoms with Crippen molar-refractivity contribution in [2.45, 2.75) is 26.2 Å². The summed E-state index contributed by atoms with van der Waals surface area (Å²) in [6.45, 7) is 3.70. The van der Waals surface area contributed by atoms with Crippen molar-refractivity contribution >= 4 is 11.6 Å². The molecule has 19 heavy (non-hydrogen) atoms. The smallest absolute Gasteiger partial charge is 0.231 e. The Kier molecular flexibility index (Phi) is 4.18. The second-order valence-electron chi connectivity index (χ2n) is 5.07. The minimum absolute atomic E-state index is 0.0297.